The molecule has 0 aliphatic carbocycles. The van der Waals surface area contributed by atoms with Gasteiger partial charge in [-0.15, -0.1) is 0 Å². The molecule has 0 aliphatic rings. The number of nitrogens with zero attached hydrogens (tertiary/aromatic N) is 3. The standard InChI is InChI=1S/C26H33N5O/c1-8-31-21(7)24(20(6)30-31)15-27-26(28-23-13-18(4)10-19(5)14-23)29-25(32)22-11-16(2)9-17(3)12-22/h9-14H,8,15H2,1-7H3,(H2,27,28,29,32). The smallest absolute Gasteiger partial charge is 0.257 e. The number of rotatable bonds is 5. The molecule has 0 fully saturated rings. The van der Waals surface area contributed by atoms with Crippen molar-refractivity contribution < 1.29 is 4.79 Å². The number of hydrogen-bond donors (Lipinski definition) is 2. The van der Waals surface area contributed by atoms with Crippen molar-refractivity contribution in [2.75, 3.05) is 5.32 Å². The molecule has 32 heavy (non-hydrogen) atoms. The van der Waals surface area contributed by atoms with Crippen molar-refractivity contribution in [3.8, 4) is 0 Å². The molecule has 1 aromatic heterocycles. The van der Waals surface area contributed by atoms with Crippen LogP contribution in [0.15, 0.2) is 41.4 Å². The number of aryl methyl sites for hydroxylation is 6. The van der Waals surface area contributed by atoms with Gasteiger partial charge in [-0.25, -0.2) is 4.99 Å². The summed E-state index contributed by atoms with van der Waals surface area (Å²) >= 11 is 0. The van der Waals surface area contributed by atoms with Crippen molar-refractivity contribution in [3.63, 3.8) is 0 Å². The van der Waals surface area contributed by atoms with E-state index in [1.54, 1.807) is 0 Å². The molecule has 0 atom stereocenters. The van der Waals surface area contributed by atoms with Crippen LogP contribution in [0.4, 0.5) is 5.69 Å². The number of aromatic nitrogens is 2. The molecule has 6 nitrogen and oxygen atoms in total. The van der Waals surface area contributed by atoms with Crippen molar-refractivity contribution in [1.29, 1.82) is 0 Å². The lowest BCUT2D eigenvalue weighted by molar-refractivity contribution is 0.0976. The minimum atomic E-state index is -0.190. The van der Waals surface area contributed by atoms with Crippen LogP contribution in [0.5, 0.6) is 0 Å². The maximum Gasteiger partial charge on any atom is 0.257 e. The van der Waals surface area contributed by atoms with E-state index < -0.39 is 0 Å². The summed E-state index contributed by atoms with van der Waals surface area (Å²) in [7, 11) is 0. The largest absolute Gasteiger partial charge is 0.326 e. The van der Waals surface area contributed by atoms with Crippen molar-refractivity contribution >= 4 is 17.6 Å². The van der Waals surface area contributed by atoms with Crippen LogP contribution in [0.25, 0.3) is 0 Å². The Morgan fingerprint density at radius 1 is 0.906 bits per heavy atom. The first kappa shape index (κ1) is 23.3. The molecular formula is C26H33N5O. The van der Waals surface area contributed by atoms with Gasteiger partial charge in [-0.2, -0.15) is 5.10 Å². The second kappa shape index (κ2) is 9.81. The molecule has 3 aromatic rings. The van der Waals surface area contributed by atoms with Crippen molar-refractivity contribution in [3.05, 3.63) is 81.2 Å². The molecule has 3 rings (SSSR count). The van der Waals surface area contributed by atoms with Gasteiger partial charge < -0.3 is 5.32 Å². The predicted octanol–water partition coefficient (Wildman–Crippen LogP) is 5.15. The van der Waals surface area contributed by atoms with Gasteiger partial charge in [0.15, 0.2) is 0 Å². The van der Waals surface area contributed by atoms with E-state index in [0.717, 1.165) is 51.4 Å². The van der Waals surface area contributed by atoms with E-state index in [1.807, 2.05) is 49.7 Å². The van der Waals surface area contributed by atoms with Gasteiger partial charge >= 0.3 is 0 Å². The van der Waals surface area contributed by atoms with Crippen molar-refractivity contribution in [1.82, 2.24) is 15.1 Å². The fourth-order valence-electron chi connectivity index (χ4n) is 4.01. The van der Waals surface area contributed by atoms with Gasteiger partial charge in [0.25, 0.3) is 5.91 Å². The minimum absolute atomic E-state index is 0.190. The van der Waals surface area contributed by atoms with E-state index in [0.29, 0.717) is 18.1 Å². The quantitative estimate of drug-likeness (QED) is 0.433. The summed E-state index contributed by atoms with van der Waals surface area (Å²) in [5.41, 5.74) is 9.02. The highest BCUT2D eigenvalue weighted by molar-refractivity contribution is 6.10. The number of amides is 1. The van der Waals surface area contributed by atoms with E-state index >= 15 is 0 Å². The number of nitrogens with one attached hydrogen (secondary N) is 2. The van der Waals surface area contributed by atoms with Crippen LogP contribution >= 0.6 is 0 Å². The lowest BCUT2D eigenvalue weighted by Gasteiger charge is -2.14. The summed E-state index contributed by atoms with van der Waals surface area (Å²) in [5.74, 6) is 0.229. The molecule has 0 radical (unpaired) electrons. The molecule has 168 valence electrons. The maximum atomic E-state index is 13.0. The number of hydrogen-bond acceptors (Lipinski definition) is 3. The van der Waals surface area contributed by atoms with Gasteiger partial charge in [-0.1, -0.05) is 23.3 Å². The Labute approximate surface area is 190 Å². The first-order chi connectivity index (χ1) is 15.2. The van der Waals surface area contributed by atoms with Crippen LogP contribution in [-0.2, 0) is 13.1 Å². The number of carbonyl (C=O) groups excluding carboxylic acids is 1. The lowest BCUT2D eigenvalue weighted by Crippen LogP contribution is -2.36. The van der Waals surface area contributed by atoms with E-state index in [4.69, 9.17) is 4.99 Å². The molecular weight excluding hydrogens is 398 g/mol. The maximum absolute atomic E-state index is 13.0. The zero-order valence-electron chi connectivity index (χ0n) is 20.1. The Morgan fingerprint density at radius 2 is 1.47 bits per heavy atom. The summed E-state index contributed by atoms with van der Waals surface area (Å²) in [4.78, 5) is 17.8. The summed E-state index contributed by atoms with van der Waals surface area (Å²) in [5, 5.41) is 10.9. The van der Waals surface area contributed by atoms with E-state index in [-0.39, 0.29) is 5.91 Å². The predicted molar refractivity (Wildman–Crippen MR) is 131 cm³/mol. The fourth-order valence-corrected chi connectivity index (χ4v) is 4.01. The van der Waals surface area contributed by atoms with Crippen LogP contribution in [0.1, 0.15) is 56.5 Å². The topological polar surface area (TPSA) is 71.3 Å². The lowest BCUT2D eigenvalue weighted by atomic mass is 10.1. The molecule has 0 unspecified atom stereocenters. The molecule has 1 amide bonds. The van der Waals surface area contributed by atoms with Gasteiger partial charge in [-0.05, 0) is 83.9 Å². The van der Waals surface area contributed by atoms with Gasteiger partial charge in [0.1, 0.15) is 0 Å². The molecule has 0 saturated carbocycles. The number of carbonyl (C=O) groups is 1. The molecule has 1 heterocycles. The average Bonchev–Trinajstić information content (AvgIpc) is 2.97. The first-order valence-corrected chi connectivity index (χ1v) is 11.0. The Kier molecular flexibility index (Phi) is 7.13. The van der Waals surface area contributed by atoms with E-state index in [9.17, 15) is 4.79 Å². The Balaban J connectivity index is 1.92. The highest BCUT2D eigenvalue weighted by Crippen LogP contribution is 2.16. The second-order valence-corrected chi connectivity index (χ2v) is 8.46. The third kappa shape index (κ3) is 5.63. The Bertz CT molecular complexity index is 1130. The normalized spacial score (nSPS) is 11.5. The number of anilines is 1. The summed E-state index contributed by atoms with van der Waals surface area (Å²) in [6, 6.07) is 12.0. The van der Waals surface area contributed by atoms with Gasteiger partial charge in [0, 0.05) is 29.1 Å². The van der Waals surface area contributed by atoms with Crippen molar-refractivity contribution in [2.45, 2.75) is 61.6 Å². The third-order valence-corrected chi connectivity index (χ3v) is 5.43. The van der Waals surface area contributed by atoms with E-state index in [1.165, 1.54) is 0 Å². The van der Waals surface area contributed by atoms with Crippen molar-refractivity contribution in [2.24, 2.45) is 4.99 Å². The SMILES string of the molecule is CCn1nc(C)c(CN=C(NC(=O)c2cc(C)cc(C)c2)Nc2cc(C)cc(C)c2)c1C. The summed E-state index contributed by atoms with van der Waals surface area (Å²) in [6.45, 7) is 15.4. The Hall–Kier alpha value is -3.41. The number of aliphatic imine (C=N–C) groups is 1. The summed E-state index contributed by atoms with van der Waals surface area (Å²) in [6.07, 6.45) is 0. The molecule has 0 bridgehead atoms. The molecule has 6 heteroatoms. The number of benzene rings is 2. The second-order valence-electron chi connectivity index (χ2n) is 8.46. The zero-order valence-corrected chi connectivity index (χ0v) is 20.1. The fraction of sp³-hybridized carbons (Fsp3) is 0.346. The molecule has 2 aromatic carbocycles. The van der Waals surface area contributed by atoms with Crippen LogP contribution < -0.4 is 10.6 Å². The average molecular weight is 432 g/mol. The minimum Gasteiger partial charge on any atom is -0.326 e. The summed E-state index contributed by atoms with van der Waals surface area (Å²) < 4.78 is 1.98. The van der Waals surface area contributed by atoms with Crippen LogP contribution in [0.2, 0.25) is 0 Å². The highest BCUT2D eigenvalue weighted by Gasteiger charge is 2.13. The molecule has 0 aliphatic heterocycles. The number of guanidine groups is 1. The van der Waals surface area contributed by atoms with Crippen LogP contribution in [0, 0.1) is 41.5 Å². The van der Waals surface area contributed by atoms with Crippen LogP contribution in [0.3, 0.4) is 0 Å². The third-order valence-electron chi connectivity index (χ3n) is 5.43. The van der Waals surface area contributed by atoms with Crippen LogP contribution in [-0.4, -0.2) is 21.6 Å². The first-order valence-electron chi connectivity index (χ1n) is 11.0. The molecule has 0 saturated heterocycles. The zero-order chi connectivity index (χ0) is 23.4. The van der Waals surface area contributed by atoms with Gasteiger partial charge in [0.05, 0.1) is 12.2 Å². The highest BCUT2D eigenvalue weighted by atomic mass is 16.1. The monoisotopic (exact) mass is 431 g/mol. The van der Waals surface area contributed by atoms with Gasteiger partial charge in [-0.3, -0.25) is 14.8 Å². The molecule has 0 spiro atoms. The Morgan fingerprint density at radius 3 is 2.00 bits per heavy atom. The van der Waals surface area contributed by atoms with E-state index in [2.05, 4.69) is 55.6 Å². The molecule has 2 N–H and O–H groups in total. The van der Waals surface area contributed by atoms with Gasteiger partial charge in [0.2, 0.25) is 5.96 Å².